The van der Waals surface area contributed by atoms with Gasteiger partial charge in [-0.25, -0.2) is 4.98 Å². The summed E-state index contributed by atoms with van der Waals surface area (Å²) >= 11 is 0. The van der Waals surface area contributed by atoms with E-state index in [1.54, 1.807) is 17.3 Å². The monoisotopic (exact) mass is 359 g/mol. The van der Waals surface area contributed by atoms with Crippen LogP contribution in [-0.4, -0.2) is 50.7 Å². The van der Waals surface area contributed by atoms with E-state index < -0.39 is 0 Å². The van der Waals surface area contributed by atoms with Crippen LogP contribution in [0.15, 0.2) is 12.7 Å². The van der Waals surface area contributed by atoms with Gasteiger partial charge in [-0.2, -0.15) is 5.10 Å². The van der Waals surface area contributed by atoms with Crippen molar-refractivity contribution in [2.24, 2.45) is 11.8 Å². The van der Waals surface area contributed by atoms with Gasteiger partial charge in [-0.05, 0) is 43.9 Å². The van der Waals surface area contributed by atoms with Gasteiger partial charge in [0.2, 0.25) is 5.91 Å². The van der Waals surface area contributed by atoms with E-state index >= 15 is 0 Å². The molecule has 2 saturated carbocycles. The molecule has 6 heteroatoms. The lowest BCUT2D eigenvalue weighted by Crippen LogP contribution is -2.42. The summed E-state index contributed by atoms with van der Waals surface area (Å²) in [5, 5.41) is 7.49. The molecular weight excluding hydrogens is 326 g/mol. The van der Waals surface area contributed by atoms with Crippen molar-refractivity contribution in [2.75, 3.05) is 13.1 Å². The molecule has 3 fully saturated rings. The van der Waals surface area contributed by atoms with Gasteiger partial charge in [0.05, 0.1) is 0 Å². The van der Waals surface area contributed by atoms with Crippen molar-refractivity contribution in [3.63, 3.8) is 0 Å². The molecule has 1 amide bonds. The third-order valence-electron chi connectivity index (χ3n) is 6.57. The quantitative estimate of drug-likeness (QED) is 0.760. The third-order valence-corrected chi connectivity index (χ3v) is 6.57. The fraction of sp³-hybridized carbons (Fsp3) is 0.850. The molecule has 6 nitrogen and oxygen atoms in total. The van der Waals surface area contributed by atoms with Crippen LogP contribution in [0.25, 0.3) is 0 Å². The van der Waals surface area contributed by atoms with Crippen LogP contribution < -0.4 is 5.32 Å². The number of likely N-dealkylation sites (tertiary alicyclic amines) is 1. The Morgan fingerprint density at radius 2 is 1.88 bits per heavy atom. The Morgan fingerprint density at radius 3 is 2.58 bits per heavy atom. The standard InChI is InChI=1S/C20H33N5O/c26-20(8-5-11-25-15-21-14-22-25)23-19-13-24(12-18(19)16-9-10-16)17-6-3-1-2-4-7-17/h14-19H,1-13H2,(H,23,26)/t18-,19+/m1/s1. The van der Waals surface area contributed by atoms with Gasteiger partial charge in [-0.15, -0.1) is 0 Å². The van der Waals surface area contributed by atoms with Gasteiger partial charge in [-0.1, -0.05) is 25.7 Å². The minimum Gasteiger partial charge on any atom is -0.352 e. The van der Waals surface area contributed by atoms with E-state index in [1.807, 2.05) is 0 Å². The fourth-order valence-corrected chi connectivity index (χ4v) is 4.97. The number of nitrogens with zero attached hydrogens (tertiary/aromatic N) is 4. The molecule has 2 atom stereocenters. The molecule has 3 aliphatic rings. The van der Waals surface area contributed by atoms with E-state index in [2.05, 4.69) is 20.3 Å². The van der Waals surface area contributed by atoms with Crippen molar-refractivity contribution in [2.45, 2.75) is 82.8 Å². The maximum atomic E-state index is 12.5. The molecule has 26 heavy (non-hydrogen) atoms. The smallest absolute Gasteiger partial charge is 0.220 e. The van der Waals surface area contributed by atoms with Crippen LogP contribution in [0, 0.1) is 11.8 Å². The SMILES string of the molecule is O=C(CCCn1cncn1)N[C@H]1CN(C2CCCCCC2)C[C@@H]1C1CC1. The maximum absolute atomic E-state index is 12.5. The van der Waals surface area contributed by atoms with E-state index in [0.29, 0.717) is 18.4 Å². The van der Waals surface area contributed by atoms with Crippen molar-refractivity contribution < 1.29 is 4.79 Å². The summed E-state index contributed by atoms with van der Waals surface area (Å²) in [6, 6.07) is 1.12. The molecule has 0 unspecified atom stereocenters. The number of hydrogen-bond acceptors (Lipinski definition) is 4. The van der Waals surface area contributed by atoms with Gasteiger partial charge in [0.25, 0.3) is 0 Å². The lowest BCUT2D eigenvalue weighted by atomic mass is 9.98. The summed E-state index contributed by atoms with van der Waals surface area (Å²) in [7, 11) is 0. The highest BCUT2D eigenvalue weighted by atomic mass is 16.1. The molecule has 1 N–H and O–H groups in total. The zero-order valence-electron chi connectivity index (χ0n) is 15.9. The van der Waals surface area contributed by atoms with Gasteiger partial charge in [0.15, 0.2) is 0 Å². The van der Waals surface area contributed by atoms with E-state index in [1.165, 1.54) is 57.9 Å². The minimum absolute atomic E-state index is 0.212. The Balaban J connectivity index is 1.27. The molecule has 1 aromatic rings. The Bertz CT molecular complexity index is 563. The second-order valence-electron chi connectivity index (χ2n) is 8.54. The first-order valence-electron chi connectivity index (χ1n) is 10.7. The van der Waals surface area contributed by atoms with Gasteiger partial charge in [-0.3, -0.25) is 14.4 Å². The topological polar surface area (TPSA) is 63.1 Å². The molecule has 0 spiro atoms. The highest BCUT2D eigenvalue weighted by Crippen LogP contribution is 2.42. The van der Waals surface area contributed by atoms with Crippen molar-refractivity contribution in [1.82, 2.24) is 25.0 Å². The first kappa shape index (κ1) is 18.0. The average Bonchev–Trinajstić information content (AvgIpc) is 3.30. The largest absolute Gasteiger partial charge is 0.352 e. The molecule has 4 rings (SSSR count). The van der Waals surface area contributed by atoms with Crippen molar-refractivity contribution in [1.29, 1.82) is 0 Å². The molecule has 1 saturated heterocycles. The van der Waals surface area contributed by atoms with Gasteiger partial charge >= 0.3 is 0 Å². The second-order valence-corrected chi connectivity index (χ2v) is 8.54. The number of aromatic nitrogens is 3. The number of amides is 1. The molecule has 1 aromatic heterocycles. The number of hydrogen-bond donors (Lipinski definition) is 1. The summed E-state index contributed by atoms with van der Waals surface area (Å²) in [5.41, 5.74) is 0. The zero-order chi connectivity index (χ0) is 17.8. The molecule has 0 radical (unpaired) electrons. The van der Waals surface area contributed by atoms with Crippen LogP contribution in [0.5, 0.6) is 0 Å². The maximum Gasteiger partial charge on any atom is 0.220 e. The van der Waals surface area contributed by atoms with Crippen LogP contribution >= 0.6 is 0 Å². The number of nitrogens with one attached hydrogen (secondary N) is 1. The first-order chi connectivity index (χ1) is 12.8. The molecule has 144 valence electrons. The predicted molar refractivity (Wildman–Crippen MR) is 100 cm³/mol. The predicted octanol–water partition coefficient (Wildman–Crippen LogP) is 2.61. The van der Waals surface area contributed by atoms with E-state index in [-0.39, 0.29) is 5.91 Å². The van der Waals surface area contributed by atoms with Crippen molar-refractivity contribution in [3.8, 4) is 0 Å². The number of carbonyl (C=O) groups excluding carboxylic acids is 1. The van der Waals surface area contributed by atoms with Crippen LogP contribution in [0.1, 0.15) is 64.2 Å². The van der Waals surface area contributed by atoms with Crippen LogP contribution in [0.4, 0.5) is 0 Å². The average molecular weight is 360 g/mol. The molecule has 0 bridgehead atoms. The van der Waals surface area contributed by atoms with Gasteiger partial charge in [0.1, 0.15) is 12.7 Å². The lowest BCUT2D eigenvalue weighted by molar-refractivity contribution is -0.122. The Hall–Kier alpha value is -1.43. The highest BCUT2D eigenvalue weighted by Gasteiger charge is 2.44. The molecule has 0 aromatic carbocycles. The molecule has 2 aliphatic carbocycles. The second kappa shape index (κ2) is 8.51. The number of rotatable bonds is 7. The molecule has 2 heterocycles. The molecular formula is C20H33N5O. The van der Waals surface area contributed by atoms with Crippen molar-refractivity contribution in [3.05, 3.63) is 12.7 Å². The lowest BCUT2D eigenvalue weighted by Gasteiger charge is -2.26. The first-order valence-corrected chi connectivity index (χ1v) is 10.7. The minimum atomic E-state index is 0.212. The van der Waals surface area contributed by atoms with Crippen LogP contribution in [-0.2, 0) is 11.3 Å². The normalized spacial score (nSPS) is 28.2. The van der Waals surface area contributed by atoms with Crippen molar-refractivity contribution >= 4 is 5.91 Å². The van der Waals surface area contributed by atoms with E-state index in [0.717, 1.165) is 31.5 Å². The summed E-state index contributed by atoms with van der Waals surface area (Å²) in [6.45, 7) is 3.04. The summed E-state index contributed by atoms with van der Waals surface area (Å²) in [5.74, 6) is 1.74. The summed E-state index contributed by atoms with van der Waals surface area (Å²) < 4.78 is 1.80. The molecule has 1 aliphatic heterocycles. The zero-order valence-corrected chi connectivity index (χ0v) is 15.9. The number of carbonyl (C=O) groups is 1. The van der Waals surface area contributed by atoms with Gasteiger partial charge in [0, 0.05) is 38.1 Å². The Kier molecular flexibility index (Phi) is 5.88. The fourth-order valence-electron chi connectivity index (χ4n) is 4.97. The van der Waals surface area contributed by atoms with E-state index in [9.17, 15) is 4.79 Å². The van der Waals surface area contributed by atoms with Crippen LogP contribution in [0.3, 0.4) is 0 Å². The Morgan fingerprint density at radius 1 is 1.08 bits per heavy atom. The number of aryl methyl sites for hydroxylation is 1. The third kappa shape index (κ3) is 4.64. The summed E-state index contributed by atoms with van der Waals surface area (Å²) in [4.78, 5) is 19.1. The van der Waals surface area contributed by atoms with Crippen LogP contribution in [0.2, 0.25) is 0 Å². The van der Waals surface area contributed by atoms with Gasteiger partial charge < -0.3 is 5.32 Å². The highest BCUT2D eigenvalue weighted by molar-refractivity contribution is 5.76. The van der Waals surface area contributed by atoms with E-state index in [4.69, 9.17) is 0 Å². The Labute approximate surface area is 156 Å². The summed E-state index contributed by atoms with van der Waals surface area (Å²) in [6.07, 6.45) is 15.7.